The van der Waals surface area contributed by atoms with E-state index in [1.165, 1.54) is 12.2 Å². The van der Waals surface area contributed by atoms with Gasteiger partial charge in [-0.15, -0.1) is 0 Å². The van der Waals surface area contributed by atoms with Crippen molar-refractivity contribution in [1.29, 1.82) is 0 Å². The number of rotatable bonds is 4. The monoisotopic (exact) mass is 187 g/mol. The van der Waals surface area contributed by atoms with Crippen LogP contribution < -0.4 is 4.74 Å². The summed E-state index contributed by atoms with van der Waals surface area (Å²) in [7, 11) is 0. The van der Waals surface area contributed by atoms with Crippen molar-refractivity contribution >= 4 is 5.97 Å². The molecule has 0 atom stereocenters. The van der Waals surface area contributed by atoms with Crippen LogP contribution in [0.25, 0.3) is 0 Å². The van der Waals surface area contributed by atoms with Gasteiger partial charge in [0.25, 0.3) is 0 Å². The number of benzene rings is 1. The molecule has 2 heteroatoms. The largest absolute Gasteiger partial charge is 0.423 e. The van der Waals surface area contributed by atoms with E-state index in [4.69, 9.17) is 11.3 Å². The predicted octanol–water partition coefficient (Wildman–Crippen LogP) is 2.53. The van der Waals surface area contributed by atoms with Crippen LogP contribution in [-0.2, 0) is 4.79 Å². The third-order valence-electron chi connectivity index (χ3n) is 1.49. The Morgan fingerprint density at radius 2 is 2.07 bits per heavy atom. The first kappa shape index (κ1) is 10.3. The van der Waals surface area contributed by atoms with Gasteiger partial charge in [-0.25, -0.2) is 4.79 Å². The van der Waals surface area contributed by atoms with Gasteiger partial charge in [0.1, 0.15) is 5.75 Å². The molecule has 1 aromatic rings. The molecule has 0 aromatic heterocycles. The van der Waals surface area contributed by atoms with Gasteiger partial charge in [0.2, 0.25) is 0 Å². The van der Waals surface area contributed by atoms with Crippen LogP contribution in [-0.4, -0.2) is 5.97 Å². The molecular formula is C12H11O2. The Kier molecular flexibility index (Phi) is 4.21. The lowest BCUT2D eigenvalue weighted by atomic mass is 10.3. The van der Waals surface area contributed by atoms with Crippen LogP contribution in [0.2, 0.25) is 0 Å². The molecule has 71 valence electrons. The van der Waals surface area contributed by atoms with Gasteiger partial charge in [0.15, 0.2) is 0 Å². The molecule has 0 spiro atoms. The van der Waals surface area contributed by atoms with E-state index in [1.54, 1.807) is 30.3 Å². The summed E-state index contributed by atoms with van der Waals surface area (Å²) in [6.07, 6.45) is 5.03. The van der Waals surface area contributed by atoms with Crippen LogP contribution in [0.4, 0.5) is 0 Å². The second-order valence-corrected chi connectivity index (χ2v) is 2.61. The van der Waals surface area contributed by atoms with Gasteiger partial charge in [0.05, 0.1) is 0 Å². The standard InChI is InChI=1S/C12H11O2/c1-2-3-5-10-12(13)14-11-8-6-4-7-9-11/h1-2,4-10H,3H2. The quantitative estimate of drug-likeness (QED) is 0.411. The van der Waals surface area contributed by atoms with Crippen LogP contribution in [0.15, 0.2) is 48.6 Å². The summed E-state index contributed by atoms with van der Waals surface area (Å²) in [4.78, 5) is 11.1. The van der Waals surface area contributed by atoms with Gasteiger partial charge in [-0.3, -0.25) is 0 Å². The Balaban J connectivity index is 2.45. The van der Waals surface area contributed by atoms with Gasteiger partial charge in [-0.1, -0.05) is 36.9 Å². The Morgan fingerprint density at radius 3 is 2.71 bits per heavy atom. The fourth-order valence-electron chi connectivity index (χ4n) is 0.882. The SMILES string of the molecule is [CH]=CCC=CC(=O)Oc1ccccc1. The molecule has 0 bridgehead atoms. The number of carbonyl (C=O) groups is 1. The molecule has 1 rings (SSSR count). The van der Waals surface area contributed by atoms with Gasteiger partial charge in [-0.05, 0) is 18.6 Å². The van der Waals surface area contributed by atoms with Crippen molar-refractivity contribution in [2.45, 2.75) is 6.42 Å². The minimum Gasteiger partial charge on any atom is -0.423 e. The zero-order valence-electron chi connectivity index (χ0n) is 7.72. The van der Waals surface area contributed by atoms with Crippen molar-refractivity contribution in [2.75, 3.05) is 0 Å². The molecule has 0 saturated carbocycles. The smallest absolute Gasteiger partial charge is 0.335 e. The number of para-hydroxylation sites is 1. The maximum absolute atomic E-state index is 11.1. The maximum atomic E-state index is 11.1. The van der Waals surface area contributed by atoms with Gasteiger partial charge < -0.3 is 4.74 Å². The first-order valence-electron chi connectivity index (χ1n) is 4.29. The molecule has 0 unspecified atom stereocenters. The second kappa shape index (κ2) is 5.75. The number of esters is 1. The lowest BCUT2D eigenvalue weighted by Gasteiger charge is -1.98. The number of hydrogen-bond acceptors (Lipinski definition) is 2. The predicted molar refractivity (Wildman–Crippen MR) is 54.7 cm³/mol. The molecule has 0 aliphatic carbocycles. The van der Waals surface area contributed by atoms with Crippen molar-refractivity contribution < 1.29 is 9.53 Å². The number of ether oxygens (including phenoxy) is 1. The average Bonchev–Trinajstić information content (AvgIpc) is 2.20. The first-order valence-corrected chi connectivity index (χ1v) is 4.29. The Morgan fingerprint density at radius 1 is 1.36 bits per heavy atom. The lowest BCUT2D eigenvalue weighted by molar-refractivity contribution is -0.129. The van der Waals surface area contributed by atoms with E-state index < -0.39 is 5.97 Å². The highest BCUT2D eigenvalue weighted by Crippen LogP contribution is 2.08. The number of carbonyl (C=O) groups excluding carboxylic acids is 1. The topological polar surface area (TPSA) is 26.3 Å². The minimum absolute atomic E-state index is 0.391. The number of hydrogen-bond donors (Lipinski definition) is 0. The molecule has 0 N–H and O–H groups in total. The Bertz CT molecular complexity index is 325. The van der Waals surface area contributed by atoms with Crippen molar-refractivity contribution in [1.82, 2.24) is 0 Å². The van der Waals surface area contributed by atoms with Crippen LogP contribution >= 0.6 is 0 Å². The highest BCUT2D eigenvalue weighted by atomic mass is 16.5. The molecule has 0 heterocycles. The molecule has 0 aliphatic heterocycles. The van der Waals surface area contributed by atoms with Gasteiger partial charge >= 0.3 is 5.97 Å². The van der Waals surface area contributed by atoms with E-state index in [0.29, 0.717) is 12.2 Å². The molecular weight excluding hydrogens is 176 g/mol. The minimum atomic E-state index is -0.391. The lowest BCUT2D eigenvalue weighted by Crippen LogP contribution is -2.03. The fourth-order valence-corrected chi connectivity index (χ4v) is 0.882. The zero-order valence-corrected chi connectivity index (χ0v) is 7.72. The van der Waals surface area contributed by atoms with E-state index in [0.717, 1.165) is 0 Å². The van der Waals surface area contributed by atoms with E-state index in [9.17, 15) is 4.79 Å². The van der Waals surface area contributed by atoms with Crippen LogP contribution in [0.1, 0.15) is 6.42 Å². The molecule has 0 fully saturated rings. The van der Waals surface area contributed by atoms with Crippen molar-refractivity contribution in [3.05, 3.63) is 55.1 Å². The van der Waals surface area contributed by atoms with Crippen LogP contribution in [0.5, 0.6) is 5.75 Å². The van der Waals surface area contributed by atoms with E-state index in [-0.39, 0.29) is 0 Å². The second-order valence-electron chi connectivity index (χ2n) is 2.61. The normalized spacial score (nSPS) is 10.0. The third kappa shape index (κ3) is 3.72. The van der Waals surface area contributed by atoms with Gasteiger partial charge in [0, 0.05) is 6.08 Å². The summed E-state index contributed by atoms with van der Waals surface area (Å²) in [6, 6.07) is 8.91. The van der Waals surface area contributed by atoms with E-state index >= 15 is 0 Å². The maximum Gasteiger partial charge on any atom is 0.335 e. The highest BCUT2D eigenvalue weighted by molar-refractivity contribution is 5.83. The summed E-state index contributed by atoms with van der Waals surface area (Å²) < 4.78 is 4.98. The zero-order chi connectivity index (χ0) is 10.2. The van der Waals surface area contributed by atoms with Crippen molar-refractivity contribution in [3.63, 3.8) is 0 Å². The van der Waals surface area contributed by atoms with Gasteiger partial charge in [-0.2, -0.15) is 0 Å². The summed E-state index contributed by atoms with van der Waals surface area (Å²) in [5.74, 6) is 0.150. The van der Waals surface area contributed by atoms with E-state index in [2.05, 4.69) is 0 Å². The van der Waals surface area contributed by atoms with Crippen molar-refractivity contribution in [3.8, 4) is 5.75 Å². The van der Waals surface area contributed by atoms with Crippen LogP contribution in [0, 0.1) is 6.58 Å². The van der Waals surface area contributed by atoms with Crippen LogP contribution in [0.3, 0.4) is 0 Å². The molecule has 2 nitrogen and oxygen atoms in total. The number of allylic oxidation sites excluding steroid dienone is 2. The highest BCUT2D eigenvalue weighted by Gasteiger charge is 1.97. The summed E-state index contributed by atoms with van der Waals surface area (Å²) in [5, 5.41) is 0. The molecule has 1 aromatic carbocycles. The Labute approximate surface area is 83.5 Å². The molecule has 0 amide bonds. The summed E-state index contributed by atoms with van der Waals surface area (Å²) in [6.45, 7) is 5.14. The first-order chi connectivity index (χ1) is 6.83. The molecule has 1 radical (unpaired) electrons. The summed E-state index contributed by atoms with van der Waals surface area (Å²) in [5.41, 5.74) is 0. The molecule has 14 heavy (non-hydrogen) atoms. The average molecular weight is 187 g/mol. The Hall–Kier alpha value is -1.83. The van der Waals surface area contributed by atoms with Crippen molar-refractivity contribution in [2.24, 2.45) is 0 Å². The fraction of sp³-hybridized carbons (Fsp3) is 0.0833. The molecule has 0 saturated heterocycles. The third-order valence-corrected chi connectivity index (χ3v) is 1.49. The summed E-state index contributed by atoms with van der Waals surface area (Å²) >= 11 is 0. The molecule has 0 aliphatic rings. The van der Waals surface area contributed by atoms with E-state index in [1.807, 2.05) is 6.07 Å².